The van der Waals surface area contributed by atoms with Crippen LogP contribution in [0.2, 0.25) is 0 Å². The van der Waals surface area contributed by atoms with Crippen LogP contribution >= 0.6 is 11.3 Å². The fourth-order valence-corrected chi connectivity index (χ4v) is 5.22. The summed E-state index contributed by atoms with van der Waals surface area (Å²) >= 11 is 1.22. The minimum absolute atomic E-state index is 0.107. The Balaban J connectivity index is 1.66. The number of aromatic nitrogens is 1. The molecule has 36 heavy (non-hydrogen) atoms. The van der Waals surface area contributed by atoms with Gasteiger partial charge in [-0.1, -0.05) is 29.5 Å². The molecule has 0 unspecified atom stereocenters. The lowest BCUT2D eigenvalue weighted by atomic mass is 9.95. The summed E-state index contributed by atoms with van der Waals surface area (Å²) in [5, 5.41) is 0. The van der Waals surface area contributed by atoms with Crippen LogP contribution in [-0.2, 0) is 14.3 Å². The third-order valence-electron chi connectivity index (χ3n) is 5.86. The van der Waals surface area contributed by atoms with E-state index in [1.807, 2.05) is 0 Å². The van der Waals surface area contributed by atoms with Gasteiger partial charge in [0.15, 0.2) is 16.3 Å². The summed E-state index contributed by atoms with van der Waals surface area (Å²) in [5.74, 6) is 0.166. The van der Waals surface area contributed by atoms with E-state index in [0.29, 0.717) is 37.7 Å². The SMILES string of the molecule is CCOC(=O)C1=C(C)N=c2s/c(=C\c3ccc(C(=O)OC)cc3)c(=O)n2[C@H]1c1ccc2c(c1)OCO2. The molecule has 0 N–H and O–H groups in total. The largest absolute Gasteiger partial charge is 0.465 e. The maximum Gasteiger partial charge on any atom is 0.338 e. The first-order chi connectivity index (χ1) is 17.4. The number of esters is 2. The Morgan fingerprint density at radius 2 is 1.89 bits per heavy atom. The van der Waals surface area contributed by atoms with Crippen LogP contribution in [0.25, 0.3) is 6.08 Å². The van der Waals surface area contributed by atoms with E-state index in [0.717, 1.165) is 5.56 Å². The van der Waals surface area contributed by atoms with Crippen LogP contribution in [0.15, 0.2) is 63.5 Å². The van der Waals surface area contributed by atoms with E-state index in [-0.39, 0.29) is 24.5 Å². The van der Waals surface area contributed by atoms with Crippen molar-refractivity contribution in [3.63, 3.8) is 0 Å². The smallest absolute Gasteiger partial charge is 0.338 e. The summed E-state index contributed by atoms with van der Waals surface area (Å²) in [6.07, 6.45) is 1.73. The molecule has 0 radical (unpaired) electrons. The number of carbonyl (C=O) groups is 2. The molecular formula is C26H22N2O7S. The van der Waals surface area contributed by atoms with Crippen molar-refractivity contribution in [2.24, 2.45) is 4.99 Å². The van der Waals surface area contributed by atoms with E-state index in [1.54, 1.807) is 62.4 Å². The van der Waals surface area contributed by atoms with Crippen molar-refractivity contribution in [2.75, 3.05) is 20.5 Å². The van der Waals surface area contributed by atoms with Gasteiger partial charge in [0.2, 0.25) is 6.79 Å². The highest BCUT2D eigenvalue weighted by Crippen LogP contribution is 2.38. The first-order valence-corrected chi connectivity index (χ1v) is 12.0. The van der Waals surface area contributed by atoms with Gasteiger partial charge in [0, 0.05) is 0 Å². The zero-order valence-electron chi connectivity index (χ0n) is 19.8. The number of thiazole rings is 1. The minimum Gasteiger partial charge on any atom is -0.465 e. The molecule has 2 aromatic carbocycles. The van der Waals surface area contributed by atoms with Gasteiger partial charge in [-0.2, -0.15) is 0 Å². The maximum atomic E-state index is 13.7. The van der Waals surface area contributed by atoms with E-state index >= 15 is 0 Å². The Hall–Kier alpha value is -4.18. The van der Waals surface area contributed by atoms with E-state index in [4.69, 9.17) is 18.9 Å². The van der Waals surface area contributed by atoms with Gasteiger partial charge in [-0.3, -0.25) is 9.36 Å². The number of nitrogens with zero attached hydrogens (tertiary/aromatic N) is 2. The Labute approximate surface area is 209 Å². The lowest BCUT2D eigenvalue weighted by Crippen LogP contribution is -2.39. The zero-order chi connectivity index (χ0) is 25.4. The highest BCUT2D eigenvalue weighted by atomic mass is 32.1. The Kier molecular flexibility index (Phi) is 6.19. The fourth-order valence-electron chi connectivity index (χ4n) is 4.17. The van der Waals surface area contributed by atoms with Gasteiger partial charge in [0.25, 0.3) is 5.56 Å². The van der Waals surface area contributed by atoms with Crippen LogP contribution in [0.1, 0.15) is 41.4 Å². The third kappa shape index (κ3) is 4.09. The molecule has 9 nitrogen and oxygen atoms in total. The molecule has 3 aromatic rings. The van der Waals surface area contributed by atoms with Gasteiger partial charge >= 0.3 is 11.9 Å². The van der Waals surface area contributed by atoms with Gasteiger partial charge < -0.3 is 18.9 Å². The van der Waals surface area contributed by atoms with E-state index in [2.05, 4.69) is 4.99 Å². The Morgan fingerprint density at radius 3 is 2.61 bits per heavy atom. The molecule has 2 aliphatic heterocycles. The molecule has 0 bridgehead atoms. The number of methoxy groups -OCH3 is 1. The number of fused-ring (bicyclic) bond motifs is 2. The van der Waals surface area contributed by atoms with E-state index in [1.165, 1.54) is 23.0 Å². The van der Waals surface area contributed by atoms with Gasteiger partial charge in [0.05, 0.1) is 41.1 Å². The molecule has 0 saturated heterocycles. The summed E-state index contributed by atoms with van der Waals surface area (Å²) < 4.78 is 23.0. The monoisotopic (exact) mass is 506 g/mol. The number of ether oxygens (including phenoxy) is 4. The second-order valence-corrected chi connectivity index (χ2v) is 9.04. The predicted octanol–water partition coefficient (Wildman–Crippen LogP) is 2.31. The molecule has 0 saturated carbocycles. The summed E-state index contributed by atoms with van der Waals surface area (Å²) in [5.41, 5.74) is 2.28. The van der Waals surface area contributed by atoms with Crippen LogP contribution in [0.3, 0.4) is 0 Å². The normalized spacial score (nSPS) is 16.4. The molecule has 0 spiro atoms. The highest BCUT2D eigenvalue weighted by Gasteiger charge is 2.34. The average Bonchev–Trinajstić information content (AvgIpc) is 3.47. The quantitative estimate of drug-likeness (QED) is 0.489. The second-order valence-electron chi connectivity index (χ2n) is 8.03. The van der Waals surface area contributed by atoms with Crippen molar-refractivity contribution in [3.8, 4) is 11.5 Å². The zero-order valence-corrected chi connectivity index (χ0v) is 20.6. The molecule has 184 valence electrons. The standard InChI is InChI=1S/C26H22N2O7S/c1-4-33-25(31)21-14(2)27-26-28(22(21)17-9-10-18-19(12-17)35-13-34-18)23(29)20(36-26)11-15-5-7-16(8-6-15)24(30)32-3/h5-12,22H,4,13H2,1-3H3/b20-11-/t22-/m0/s1. The van der Waals surface area contributed by atoms with E-state index in [9.17, 15) is 14.4 Å². The maximum absolute atomic E-state index is 13.7. The Bertz CT molecular complexity index is 1580. The molecule has 0 fully saturated rings. The lowest BCUT2D eigenvalue weighted by molar-refractivity contribution is -0.139. The van der Waals surface area contributed by atoms with Crippen molar-refractivity contribution in [1.29, 1.82) is 0 Å². The molecule has 5 rings (SSSR count). The molecule has 1 atom stereocenters. The van der Waals surface area contributed by atoms with Gasteiger partial charge in [0.1, 0.15) is 0 Å². The van der Waals surface area contributed by atoms with E-state index < -0.39 is 18.0 Å². The van der Waals surface area contributed by atoms with Gasteiger partial charge in [-0.25, -0.2) is 14.6 Å². The summed E-state index contributed by atoms with van der Waals surface area (Å²) in [6.45, 7) is 3.75. The molecule has 10 heteroatoms. The van der Waals surface area contributed by atoms with Crippen LogP contribution in [0, 0.1) is 0 Å². The van der Waals surface area contributed by atoms with Crippen molar-refractivity contribution in [3.05, 3.63) is 90.1 Å². The fraction of sp³-hybridized carbons (Fsp3) is 0.231. The molecular weight excluding hydrogens is 484 g/mol. The third-order valence-corrected chi connectivity index (χ3v) is 6.84. The summed E-state index contributed by atoms with van der Waals surface area (Å²) in [6, 6.07) is 11.3. The number of benzene rings is 2. The number of rotatable bonds is 5. The minimum atomic E-state index is -0.751. The molecule has 0 aliphatic carbocycles. The van der Waals surface area contributed by atoms with Gasteiger partial charge in [-0.05, 0) is 55.3 Å². The van der Waals surface area contributed by atoms with Crippen LogP contribution < -0.4 is 24.4 Å². The van der Waals surface area contributed by atoms with Crippen molar-refractivity contribution in [1.82, 2.24) is 4.57 Å². The Morgan fingerprint density at radius 1 is 1.14 bits per heavy atom. The number of hydrogen-bond donors (Lipinski definition) is 0. The number of allylic oxidation sites excluding steroid dienone is 1. The predicted molar refractivity (Wildman–Crippen MR) is 131 cm³/mol. The molecule has 2 aliphatic rings. The first kappa shape index (κ1) is 23.6. The van der Waals surface area contributed by atoms with Gasteiger partial charge in [-0.15, -0.1) is 0 Å². The number of carbonyl (C=O) groups excluding carboxylic acids is 2. The van der Waals surface area contributed by atoms with Crippen molar-refractivity contribution >= 4 is 29.4 Å². The molecule has 0 amide bonds. The van der Waals surface area contributed by atoms with Crippen LogP contribution in [0.4, 0.5) is 0 Å². The summed E-state index contributed by atoms with van der Waals surface area (Å²) in [4.78, 5) is 43.4. The van der Waals surface area contributed by atoms with Crippen molar-refractivity contribution in [2.45, 2.75) is 19.9 Å². The average molecular weight is 507 g/mol. The molecule has 1 aromatic heterocycles. The van der Waals surface area contributed by atoms with Crippen LogP contribution in [-0.4, -0.2) is 37.0 Å². The summed E-state index contributed by atoms with van der Waals surface area (Å²) in [7, 11) is 1.32. The lowest BCUT2D eigenvalue weighted by Gasteiger charge is -2.24. The van der Waals surface area contributed by atoms with Crippen LogP contribution in [0.5, 0.6) is 11.5 Å². The molecule has 3 heterocycles. The second kappa shape index (κ2) is 9.46. The number of hydrogen-bond acceptors (Lipinski definition) is 9. The van der Waals surface area contributed by atoms with Crippen molar-refractivity contribution < 1.29 is 28.5 Å². The topological polar surface area (TPSA) is 105 Å². The first-order valence-electron chi connectivity index (χ1n) is 11.2. The highest BCUT2D eigenvalue weighted by molar-refractivity contribution is 7.07.